The number of carboxylic acid groups (broad SMARTS) is 1. The Morgan fingerprint density at radius 3 is 1.50 bits per heavy atom. The second-order valence-corrected chi connectivity index (χ2v) is 19.3. The molecule has 0 radical (unpaired) electrons. The number of nitrogens with two attached hydrogens (primary N) is 4. The first-order valence-corrected chi connectivity index (χ1v) is 26.1. The van der Waals surface area contributed by atoms with Crippen LogP contribution in [0.15, 0.2) is 4.99 Å². The van der Waals surface area contributed by atoms with Crippen molar-refractivity contribution in [2.75, 3.05) is 43.2 Å². The van der Waals surface area contributed by atoms with Crippen LogP contribution in [0.3, 0.4) is 0 Å². The van der Waals surface area contributed by atoms with Crippen LogP contribution in [0.2, 0.25) is 0 Å². The number of hydrogen-bond acceptors (Lipinski definition) is 16. The molecule has 0 rings (SSSR count). The zero-order chi connectivity index (χ0) is 53.7. The number of guanidine groups is 1. The third-order valence-corrected chi connectivity index (χ3v) is 12.3. The molecule has 27 heteroatoms. The van der Waals surface area contributed by atoms with E-state index < -0.39 is 120 Å². The van der Waals surface area contributed by atoms with Crippen LogP contribution in [0.25, 0.3) is 0 Å². The van der Waals surface area contributed by atoms with E-state index in [4.69, 9.17) is 22.9 Å². The van der Waals surface area contributed by atoms with Gasteiger partial charge in [0.1, 0.15) is 48.3 Å². The summed E-state index contributed by atoms with van der Waals surface area (Å²) in [6.07, 6.45) is 3.52. The van der Waals surface area contributed by atoms with E-state index in [0.29, 0.717) is 25.0 Å². The van der Waals surface area contributed by atoms with Gasteiger partial charge in [-0.25, -0.2) is 4.79 Å². The van der Waals surface area contributed by atoms with Crippen molar-refractivity contribution < 1.29 is 53.4 Å². The van der Waals surface area contributed by atoms with Gasteiger partial charge in [-0.05, 0) is 81.3 Å². The smallest absolute Gasteiger partial charge is 0.327 e. The minimum Gasteiger partial charge on any atom is -0.480 e. The maximum Gasteiger partial charge on any atom is 0.327 e. The van der Waals surface area contributed by atoms with Crippen molar-refractivity contribution in [3.05, 3.63) is 0 Å². The lowest BCUT2D eigenvalue weighted by Gasteiger charge is -2.29. The Morgan fingerprint density at radius 1 is 0.600 bits per heavy atom. The highest BCUT2D eigenvalue weighted by atomic mass is 32.2. The van der Waals surface area contributed by atoms with Crippen LogP contribution in [-0.4, -0.2) is 167 Å². The van der Waals surface area contributed by atoms with E-state index in [0.717, 1.165) is 0 Å². The molecular weight excluding hydrogens is 971 g/mol. The van der Waals surface area contributed by atoms with E-state index >= 15 is 0 Å². The van der Waals surface area contributed by atoms with Crippen molar-refractivity contribution in [3.63, 3.8) is 0 Å². The largest absolute Gasteiger partial charge is 0.480 e. The molecule has 0 aromatic heterocycles. The fraction of sp³-hybridized carbons (Fsp3) is 0.767. The van der Waals surface area contributed by atoms with Crippen molar-refractivity contribution in [2.45, 2.75) is 147 Å². The maximum atomic E-state index is 14.2. The van der Waals surface area contributed by atoms with Gasteiger partial charge in [0.2, 0.25) is 47.3 Å². The average molecular weight is 1050 g/mol. The topological polar surface area (TPSA) is 407 Å². The van der Waals surface area contributed by atoms with Gasteiger partial charge in [0.15, 0.2) is 5.96 Å². The van der Waals surface area contributed by atoms with Gasteiger partial charge in [0.05, 0.1) is 12.6 Å². The lowest BCUT2D eigenvalue weighted by atomic mass is 9.96. The van der Waals surface area contributed by atoms with Crippen molar-refractivity contribution in [1.29, 1.82) is 0 Å². The number of carboxylic acids is 1. The molecule has 0 heterocycles. The third kappa shape index (κ3) is 25.0. The molecular formula is C43H81N13O11S3. The highest BCUT2D eigenvalue weighted by molar-refractivity contribution is 7.98. The normalized spacial score (nSPS) is 15.5. The summed E-state index contributed by atoms with van der Waals surface area (Å²) in [4.78, 5) is 124. The fourth-order valence-electron chi connectivity index (χ4n) is 6.57. The first-order valence-electron chi connectivity index (χ1n) is 23.4. The molecule has 0 saturated carbocycles. The Morgan fingerprint density at radius 2 is 1.06 bits per heavy atom. The molecule has 0 saturated heterocycles. The van der Waals surface area contributed by atoms with Gasteiger partial charge in [-0.2, -0.15) is 37.0 Å². The molecule has 0 unspecified atom stereocenters. The third-order valence-electron chi connectivity index (χ3n) is 10.9. The number of carbonyl (C=O) groups excluding carboxylic acids is 8. The average Bonchev–Trinajstić information content (AvgIpc) is 3.30. The predicted octanol–water partition coefficient (Wildman–Crippen LogP) is -3.19. The molecule has 24 nitrogen and oxygen atoms in total. The molecule has 0 bridgehead atoms. The van der Waals surface area contributed by atoms with E-state index in [9.17, 15) is 53.4 Å². The van der Waals surface area contributed by atoms with E-state index in [1.807, 2.05) is 20.8 Å². The molecule has 0 aromatic rings. The number of aliphatic carboxylic acids is 1. The summed E-state index contributed by atoms with van der Waals surface area (Å²) < 4.78 is 0. The highest BCUT2D eigenvalue weighted by Gasteiger charge is 2.36. The summed E-state index contributed by atoms with van der Waals surface area (Å²) in [5, 5.41) is 40.2. The van der Waals surface area contributed by atoms with Gasteiger partial charge in [-0.3, -0.25) is 43.3 Å². The van der Waals surface area contributed by atoms with Crippen molar-refractivity contribution in [1.82, 2.24) is 42.5 Å². The standard InChI is InChI=1S/C43H81N13O11S3/c1-8-24(6)33(56-34(58)25(45)20-68)41(65)52-29(18-22(2)3)38(62)50-26(12-9-10-15-44)35(59)51-28(14-17-70-7)37(61)49-27(13-11-16-48-43(46)47)36(60)53-30(19-57)39(63)55-32(23(4)5)40(64)54-31(21-69)42(66)67/h22-33,57,68-69H,8-21,44-45H2,1-7H3,(H,49,61)(H,50,62)(H,51,59)(H,52,65)(H,53,60)(H,54,64)(H,55,63)(H,56,58)(H,66,67)(H4,46,47,48)/t24-,25-,26-,27-,28-,29-,30-,31-,32-,33-/m0/s1. The lowest BCUT2D eigenvalue weighted by molar-refractivity contribution is -0.142. The number of unbranched alkanes of at least 4 members (excludes halogenated alkanes) is 1. The molecule has 0 aliphatic rings. The first kappa shape index (κ1) is 65.4. The maximum absolute atomic E-state index is 14.2. The summed E-state index contributed by atoms with van der Waals surface area (Å²) in [5.74, 6) is -8.68. The number of nitrogens with one attached hydrogen (secondary N) is 8. The number of rotatable bonds is 36. The van der Waals surface area contributed by atoms with E-state index in [-0.39, 0.29) is 74.5 Å². The Hall–Kier alpha value is -4.57. The number of thiol groups is 2. The van der Waals surface area contributed by atoms with Crippen molar-refractivity contribution >= 4 is 96.2 Å². The SMILES string of the molecule is CC[C@H](C)[C@H](NC(=O)[C@@H](N)CS)C(=O)N[C@@H](CC(C)C)C(=O)N[C@@H](CCCCN)C(=O)N[C@@H](CCSC)C(=O)N[C@@H](CCCN=C(N)N)C(=O)N[C@@H](CO)C(=O)N[C@H](C(=O)N[C@@H](CS)C(=O)O)C(C)C. The number of thioether (sulfide) groups is 1. The van der Waals surface area contributed by atoms with E-state index in [1.165, 1.54) is 11.8 Å². The fourth-order valence-corrected chi connectivity index (χ4v) is 7.45. The second-order valence-electron chi connectivity index (χ2n) is 17.6. The van der Waals surface area contributed by atoms with Crippen LogP contribution in [0.1, 0.15) is 92.9 Å². The van der Waals surface area contributed by atoms with Crippen LogP contribution < -0.4 is 65.5 Å². The number of aliphatic hydroxyl groups excluding tert-OH is 1. The number of hydrogen-bond donors (Lipinski definition) is 16. The van der Waals surface area contributed by atoms with Crippen LogP contribution >= 0.6 is 37.0 Å². The van der Waals surface area contributed by atoms with Gasteiger partial charge >= 0.3 is 5.97 Å². The number of nitrogens with zero attached hydrogens (tertiary/aromatic N) is 1. The molecule has 18 N–H and O–H groups in total. The summed E-state index contributed by atoms with van der Waals surface area (Å²) >= 11 is 9.38. The number of aliphatic hydroxyl groups is 1. The molecule has 8 amide bonds. The number of carbonyl (C=O) groups is 9. The molecule has 0 spiro atoms. The van der Waals surface area contributed by atoms with Crippen LogP contribution in [0.4, 0.5) is 0 Å². The molecule has 0 fully saturated rings. The molecule has 70 heavy (non-hydrogen) atoms. The van der Waals surface area contributed by atoms with Gasteiger partial charge in [0.25, 0.3) is 0 Å². The Labute approximate surface area is 426 Å². The zero-order valence-corrected chi connectivity index (χ0v) is 44.1. The minimum absolute atomic E-state index is 0.0346. The lowest BCUT2D eigenvalue weighted by Crippen LogP contribution is -2.61. The number of aliphatic imine (C=N–C) groups is 1. The quantitative estimate of drug-likeness (QED) is 0.0127. The van der Waals surface area contributed by atoms with Gasteiger partial charge in [-0.1, -0.05) is 48.0 Å². The molecule has 0 aliphatic heterocycles. The second kappa shape index (κ2) is 35.5. The Bertz CT molecular complexity index is 1730. The van der Waals surface area contributed by atoms with Gasteiger partial charge in [-0.15, -0.1) is 0 Å². The number of amides is 8. The summed E-state index contributed by atoms with van der Waals surface area (Å²) in [6, 6.07) is -11.4. The molecule has 10 atom stereocenters. The first-order chi connectivity index (χ1) is 32.9. The van der Waals surface area contributed by atoms with Crippen LogP contribution in [-0.2, 0) is 43.2 Å². The molecule has 0 aliphatic carbocycles. The highest BCUT2D eigenvalue weighted by Crippen LogP contribution is 2.13. The molecule has 402 valence electrons. The Balaban J connectivity index is 6.69. The van der Waals surface area contributed by atoms with Gasteiger partial charge in [0, 0.05) is 18.1 Å². The monoisotopic (exact) mass is 1050 g/mol. The summed E-state index contributed by atoms with van der Waals surface area (Å²) in [5.41, 5.74) is 22.6. The van der Waals surface area contributed by atoms with E-state index in [2.05, 4.69) is 72.8 Å². The van der Waals surface area contributed by atoms with Crippen molar-refractivity contribution in [3.8, 4) is 0 Å². The van der Waals surface area contributed by atoms with Gasteiger partial charge < -0.3 is 75.7 Å². The zero-order valence-electron chi connectivity index (χ0n) is 41.5. The van der Waals surface area contributed by atoms with Crippen LogP contribution in [0, 0.1) is 17.8 Å². The predicted molar refractivity (Wildman–Crippen MR) is 275 cm³/mol. The summed E-state index contributed by atoms with van der Waals surface area (Å²) in [6.45, 7) is 9.83. The minimum atomic E-state index is -1.65. The summed E-state index contributed by atoms with van der Waals surface area (Å²) in [7, 11) is 0. The Kier molecular flexibility index (Phi) is 33.2. The molecule has 0 aromatic carbocycles. The van der Waals surface area contributed by atoms with E-state index in [1.54, 1.807) is 27.0 Å². The van der Waals surface area contributed by atoms with Crippen molar-refractivity contribution in [2.24, 2.45) is 45.7 Å². The van der Waals surface area contributed by atoms with Crippen LogP contribution in [0.5, 0.6) is 0 Å².